The Morgan fingerprint density at radius 1 is 1.40 bits per heavy atom. The lowest BCUT2D eigenvalue weighted by Crippen LogP contribution is -2.05. The van der Waals surface area contributed by atoms with Crippen LogP contribution in [0.4, 0.5) is 4.39 Å². The van der Waals surface area contributed by atoms with E-state index < -0.39 is 0 Å². The maximum Gasteiger partial charge on any atom is 0.126 e. The van der Waals surface area contributed by atoms with Crippen molar-refractivity contribution in [1.29, 1.82) is 0 Å². The Balaban J connectivity index is 2.81. The summed E-state index contributed by atoms with van der Waals surface area (Å²) in [6.07, 6.45) is 2.92. The fourth-order valence-electron chi connectivity index (χ4n) is 1.91. The van der Waals surface area contributed by atoms with E-state index in [0.717, 1.165) is 30.4 Å². The molecule has 0 fully saturated rings. The largest absolute Gasteiger partial charge is 0.330 e. The maximum atomic E-state index is 13.7. The molecule has 1 aromatic carbocycles. The third-order valence-electron chi connectivity index (χ3n) is 2.85. The Morgan fingerprint density at radius 2 is 2.13 bits per heavy atom. The molecule has 0 saturated carbocycles. The molecule has 15 heavy (non-hydrogen) atoms. The molecular formula is C13H20FN. The molecule has 1 atom stereocenters. The van der Waals surface area contributed by atoms with Crippen LogP contribution in [0, 0.1) is 12.7 Å². The van der Waals surface area contributed by atoms with Gasteiger partial charge in [0.15, 0.2) is 0 Å². The van der Waals surface area contributed by atoms with Gasteiger partial charge in [-0.2, -0.15) is 0 Å². The van der Waals surface area contributed by atoms with Gasteiger partial charge in [-0.25, -0.2) is 4.39 Å². The van der Waals surface area contributed by atoms with Crippen LogP contribution in [-0.4, -0.2) is 6.54 Å². The minimum atomic E-state index is -0.0705. The van der Waals surface area contributed by atoms with Crippen molar-refractivity contribution in [2.75, 3.05) is 6.54 Å². The summed E-state index contributed by atoms with van der Waals surface area (Å²) < 4.78 is 13.7. The summed E-state index contributed by atoms with van der Waals surface area (Å²) in [4.78, 5) is 0. The smallest absolute Gasteiger partial charge is 0.126 e. The van der Waals surface area contributed by atoms with E-state index in [0.29, 0.717) is 12.5 Å². The van der Waals surface area contributed by atoms with Crippen molar-refractivity contribution in [2.45, 2.75) is 39.0 Å². The molecule has 0 saturated heterocycles. The molecule has 0 bridgehead atoms. The average Bonchev–Trinajstić information content (AvgIpc) is 2.21. The molecule has 0 aliphatic rings. The van der Waals surface area contributed by atoms with Gasteiger partial charge in [0.1, 0.15) is 5.82 Å². The van der Waals surface area contributed by atoms with E-state index in [-0.39, 0.29) is 5.82 Å². The highest BCUT2D eigenvalue weighted by molar-refractivity contribution is 5.26. The van der Waals surface area contributed by atoms with Crippen LogP contribution in [0.15, 0.2) is 18.2 Å². The first-order chi connectivity index (χ1) is 7.19. The average molecular weight is 209 g/mol. The molecule has 1 rings (SSSR count). The zero-order chi connectivity index (χ0) is 11.3. The van der Waals surface area contributed by atoms with Gasteiger partial charge in [-0.05, 0) is 55.8 Å². The van der Waals surface area contributed by atoms with Crippen molar-refractivity contribution in [3.63, 3.8) is 0 Å². The molecule has 0 aromatic heterocycles. The molecular weight excluding hydrogens is 189 g/mol. The van der Waals surface area contributed by atoms with Crippen molar-refractivity contribution in [3.05, 3.63) is 35.1 Å². The van der Waals surface area contributed by atoms with Gasteiger partial charge in [0.25, 0.3) is 0 Å². The lowest BCUT2D eigenvalue weighted by Gasteiger charge is -2.15. The third-order valence-corrected chi connectivity index (χ3v) is 2.85. The van der Waals surface area contributed by atoms with Crippen molar-refractivity contribution in [3.8, 4) is 0 Å². The number of hydrogen-bond acceptors (Lipinski definition) is 1. The zero-order valence-electron chi connectivity index (χ0n) is 9.59. The standard InChI is InChI=1S/C13H20FN/c1-3-11(5-4-8-15)12-7-6-10(2)9-13(12)14/h6-7,9,11H,3-5,8,15H2,1-2H3. The number of rotatable bonds is 5. The Kier molecular flexibility index (Phi) is 4.76. The van der Waals surface area contributed by atoms with Gasteiger partial charge in [-0.15, -0.1) is 0 Å². The highest BCUT2D eigenvalue weighted by atomic mass is 19.1. The van der Waals surface area contributed by atoms with E-state index in [1.165, 1.54) is 0 Å². The second-order valence-corrected chi connectivity index (χ2v) is 4.06. The summed E-state index contributed by atoms with van der Waals surface area (Å²) in [5, 5.41) is 0. The monoisotopic (exact) mass is 209 g/mol. The molecule has 2 N–H and O–H groups in total. The van der Waals surface area contributed by atoms with Crippen LogP contribution < -0.4 is 5.73 Å². The molecule has 0 aliphatic carbocycles. The second kappa shape index (κ2) is 5.86. The normalized spacial score (nSPS) is 12.8. The minimum Gasteiger partial charge on any atom is -0.330 e. The summed E-state index contributed by atoms with van der Waals surface area (Å²) in [6.45, 7) is 4.69. The van der Waals surface area contributed by atoms with Crippen LogP contribution in [0.5, 0.6) is 0 Å². The van der Waals surface area contributed by atoms with Crippen LogP contribution in [0.3, 0.4) is 0 Å². The van der Waals surface area contributed by atoms with E-state index in [2.05, 4.69) is 6.92 Å². The highest BCUT2D eigenvalue weighted by Gasteiger charge is 2.13. The quantitative estimate of drug-likeness (QED) is 0.790. The van der Waals surface area contributed by atoms with E-state index in [1.807, 2.05) is 19.1 Å². The van der Waals surface area contributed by atoms with E-state index in [1.54, 1.807) is 6.07 Å². The predicted octanol–water partition coefficient (Wildman–Crippen LogP) is 3.37. The molecule has 0 heterocycles. The fraction of sp³-hybridized carbons (Fsp3) is 0.538. The lowest BCUT2D eigenvalue weighted by molar-refractivity contribution is 0.532. The lowest BCUT2D eigenvalue weighted by atomic mass is 9.91. The van der Waals surface area contributed by atoms with Gasteiger partial charge in [0.2, 0.25) is 0 Å². The second-order valence-electron chi connectivity index (χ2n) is 4.06. The van der Waals surface area contributed by atoms with Gasteiger partial charge >= 0.3 is 0 Å². The van der Waals surface area contributed by atoms with Crippen LogP contribution in [0.1, 0.15) is 43.2 Å². The van der Waals surface area contributed by atoms with Crippen LogP contribution in [0.25, 0.3) is 0 Å². The molecule has 0 amide bonds. The summed E-state index contributed by atoms with van der Waals surface area (Å²) in [7, 11) is 0. The van der Waals surface area contributed by atoms with Gasteiger partial charge in [-0.3, -0.25) is 0 Å². The van der Waals surface area contributed by atoms with Gasteiger partial charge in [-0.1, -0.05) is 19.1 Å². The Bertz CT molecular complexity index is 309. The minimum absolute atomic E-state index is 0.0705. The first-order valence-electron chi connectivity index (χ1n) is 5.65. The van der Waals surface area contributed by atoms with Crippen LogP contribution >= 0.6 is 0 Å². The van der Waals surface area contributed by atoms with E-state index in [9.17, 15) is 4.39 Å². The van der Waals surface area contributed by atoms with Gasteiger partial charge in [0.05, 0.1) is 0 Å². The number of hydrogen-bond donors (Lipinski definition) is 1. The van der Waals surface area contributed by atoms with Crippen molar-refractivity contribution >= 4 is 0 Å². The Morgan fingerprint density at radius 3 is 2.67 bits per heavy atom. The van der Waals surface area contributed by atoms with Gasteiger partial charge < -0.3 is 5.73 Å². The number of benzene rings is 1. The molecule has 0 aliphatic heterocycles. The molecule has 1 unspecified atom stereocenters. The third kappa shape index (κ3) is 3.31. The first kappa shape index (κ1) is 12.2. The van der Waals surface area contributed by atoms with E-state index >= 15 is 0 Å². The predicted molar refractivity (Wildman–Crippen MR) is 62.5 cm³/mol. The van der Waals surface area contributed by atoms with Gasteiger partial charge in [0, 0.05) is 0 Å². The molecule has 2 heteroatoms. The topological polar surface area (TPSA) is 26.0 Å². The number of nitrogens with two attached hydrogens (primary N) is 1. The molecule has 0 spiro atoms. The summed E-state index contributed by atoms with van der Waals surface area (Å²) >= 11 is 0. The Labute approximate surface area is 91.5 Å². The summed E-state index contributed by atoms with van der Waals surface area (Å²) in [6, 6.07) is 5.50. The first-order valence-corrected chi connectivity index (χ1v) is 5.65. The SMILES string of the molecule is CCC(CCCN)c1ccc(C)cc1F. The molecule has 1 aromatic rings. The van der Waals surface area contributed by atoms with Crippen molar-refractivity contribution in [2.24, 2.45) is 5.73 Å². The van der Waals surface area contributed by atoms with Crippen LogP contribution in [0.2, 0.25) is 0 Å². The van der Waals surface area contributed by atoms with E-state index in [4.69, 9.17) is 5.73 Å². The number of aryl methyl sites for hydroxylation is 1. The molecule has 0 radical (unpaired) electrons. The maximum absolute atomic E-state index is 13.7. The summed E-state index contributed by atoms with van der Waals surface area (Å²) in [5.41, 5.74) is 7.30. The van der Waals surface area contributed by atoms with Crippen molar-refractivity contribution < 1.29 is 4.39 Å². The van der Waals surface area contributed by atoms with Crippen LogP contribution in [-0.2, 0) is 0 Å². The molecule has 1 nitrogen and oxygen atoms in total. The fourth-order valence-corrected chi connectivity index (χ4v) is 1.91. The molecule has 84 valence electrons. The Hall–Kier alpha value is -0.890. The summed E-state index contributed by atoms with van der Waals surface area (Å²) in [5.74, 6) is 0.244. The zero-order valence-corrected chi connectivity index (χ0v) is 9.59. The number of halogens is 1. The van der Waals surface area contributed by atoms with Crippen molar-refractivity contribution in [1.82, 2.24) is 0 Å². The highest BCUT2D eigenvalue weighted by Crippen LogP contribution is 2.27.